The van der Waals surface area contributed by atoms with Gasteiger partial charge in [0.05, 0.1) is 9.35 Å². The summed E-state index contributed by atoms with van der Waals surface area (Å²) in [6.07, 6.45) is 0.849. The molecule has 1 aromatic heterocycles. The summed E-state index contributed by atoms with van der Waals surface area (Å²) in [5.41, 5.74) is 2.49. The molecule has 218 valence electrons. The molecular formula is C30H33BrN2O7S. The number of carbonyl (C=O) groups excluding carboxylic acids is 1. The number of hydrogen-bond acceptors (Lipinski definition) is 7. The number of nitrogens with one attached hydrogen (secondary N) is 1. The third kappa shape index (κ3) is 7.09. The minimum Gasteiger partial charge on any atom is -0.480 e. The van der Waals surface area contributed by atoms with Crippen molar-refractivity contribution in [2.45, 2.75) is 45.8 Å². The Hall–Kier alpha value is -3.41. The highest BCUT2D eigenvalue weighted by Gasteiger charge is 2.36. The lowest BCUT2D eigenvalue weighted by Crippen LogP contribution is -2.51. The maximum absolute atomic E-state index is 14.2. The number of piperidine rings is 1. The second-order valence-electron chi connectivity index (χ2n) is 10.1. The molecule has 2 aromatic carbocycles. The summed E-state index contributed by atoms with van der Waals surface area (Å²) in [5, 5.41) is 22.1. The summed E-state index contributed by atoms with van der Waals surface area (Å²) in [4.78, 5) is 39.4. The van der Waals surface area contributed by atoms with Gasteiger partial charge in [-0.1, -0.05) is 30.3 Å². The fourth-order valence-electron chi connectivity index (χ4n) is 4.96. The molecule has 1 unspecified atom stereocenters. The number of nitrogens with zero attached hydrogens (tertiary/aromatic N) is 1. The van der Waals surface area contributed by atoms with Crippen LogP contribution in [0.3, 0.4) is 0 Å². The number of aryl methyl sites for hydroxylation is 1. The van der Waals surface area contributed by atoms with Crippen molar-refractivity contribution in [2.24, 2.45) is 5.92 Å². The fraction of sp³-hybridized carbons (Fsp3) is 0.367. The number of carboxylic acids is 2. The molecule has 1 saturated heterocycles. The van der Waals surface area contributed by atoms with Crippen LogP contribution < -0.4 is 19.7 Å². The van der Waals surface area contributed by atoms with Gasteiger partial charge in [0, 0.05) is 17.6 Å². The average molecular weight is 646 g/mol. The molecule has 11 heteroatoms. The van der Waals surface area contributed by atoms with E-state index in [2.05, 4.69) is 21.2 Å². The Labute approximate surface area is 251 Å². The van der Waals surface area contributed by atoms with Gasteiger partial charge in [-0.05, 0) is 92.0 Å². The zero-order chi connectivity index (χ0) is 29.7. The molecule has 0 saturated carbocycles. The standard InChI is InChI=1S/C30H33BrN2O7S/c1-17(2)33(22-10-5-4-7-18(22)3)29(36)25(19-11-13-32-14-12-19)40-21-9-6-8-20(15-21)27-24(31)26(39-16-23(34)35)28(41-27)30(37)38/h4-10,15,17,19,25,32H,11-14,16H2,1-3H3,(H,34,35)(H,37,38). The van der Waals surface area contributed by atoms with Crippen LogP contribution in [-0.4, -0.2) is 59.9 Å². The molecule has 0 bridgehead atoms. The topological polar surface area (TPSA) is 125 Å². The third-order valence-electron chi connectivity index (χ3n) is 6.89. The highest BCUT2D eigenvalue weighted by Crippen LogP contribution is 2.46. The highest BCUT2D eigenvalue weighted by atomic mass is 79.9. The van der Waals surface area contributed by atoms with Gasteiger partial charge in [0.2, 0.25) is 0 Å². The number of carboxylic acid groups (broad SMARTS) is 2. The van der Waals surface area contributed by atoms with Gasteiger partial charge in [0.15, 0.2) is 23.3 Å². The minimum absolute atomic E-state index is 0.000725. The molecule has 41 heavy (non-hydrogen) atoms. The smallest absolute Gasteiger partial charge is 0.349 e. The summed E-state index contributed by atoms with van der Waals surface area (Å²) >= 11 is 4.37. The minimum atomic E-state index is -1.23. The van der Waals surface area contributed by atoms with Crippen LogP contribution in [0.15, 0.2) is 53.0 Å². The van der Waals surface area contributed by atoms with E-state index in [9.17, 15) is 19.5 Å². The Balaban J connectivity index is 1.70. The molecule has 1 aliphatic heterocycles. The quantitative estimate of drug-likeness (QED) is 0.238. The van der Waals surface area contributed by atoms with E-state index in [1.54, 1.807) is 24.3 Å². The van der Waals surface area contributed by atoms with Gasteiger partial charge in [-0.25, -0.2) is 9.59 Å². The largest absolute Gasteiger partial charge is 0.480 e. The van der Waals surface area contributed by atoms with Crippen molar-refractivity contribution in [2.75, 3.05) is 24.6 Å². The molecule has 0 spiro atoms. The third-order valence-corrected chi connectivity index (χ3v) is 9.11. The van der Waals surface area contributed by atoms with E-state index in [4.69, 9.17) is 14.6 Å². The zero-order valence-corrected chi connectivity index (χ0v) is 25.5. The van der Waals surface area contributed by atoms with Crippen LogP contribution in [0.25, 0.3) is 10.4 Å². The normalized spacial score (nSPS) is 14.5. The predicted molar refractivity (Wildman–Crippen MR) is 161 cm³/mol. The molecular weight excluding hydrogens is 612 g/mol. The van der Waals surface area contributed by atoms with Gasteiger partial charge in [-0.3, -0.25) is 4.79 Å². The number of thiophene rings is 1. The van der Waals surface area contributed by atoms with Crippen LogP contribution in [-0.2, 0) is 9.59 Å². The first-order valence-electron chi connectivity index (χ1n) is 13.3. The van der Waals surface area contributed by atoms with Crippen LogP contribution in [0.4, 0.5) is 5.69 Å². The first kappa shape index (κ1) is 30.5. The average Bonchev–Trinajstić information content (AvgIpc) is 3.28. The number of hydrogen-bond donors (Lipinski definition) is 3. The summed E-state index contributed by atoms with van der Waals surface area (Å²) in [6, 6.07) is 14.8. The highest BCUT2D eigenvalue weighted by molar-refractivity contribution is 9.10. The van der Waals surface area contributed by atoms with Crippen LogP contribution in [0.2, 0.25) is 0 Å². The van der Waals surface area contributed by atoms with Crippen molar-refractivity contribution in [3.05, 3.63) is 63.4 Å². The molecule has 1 atom stereocenters. The van der Waals surface area contributed by atoms with Crippen molar-refractivity contribution in [1.29, 1.82) is 0 Å². The van der Waals surface area contributed by atoms with Crippen LogP contribution >= 0.6 is 27.3 Å². The Morgan fingerprint density at radius 2 is 1.80 bits per heavy atom. The van der Waals surface area contributed by atoms with Gasteiger partial charge in [0.1, 0.15) is 5.75 Å². The van der Waals surface area contributed by atoms with E-state index in [0.717, 1.165) is 48.5 Å². The summed E-state index contributed by atoms with van der Waals surface area (Å²) in [6.45, 7) is 6.88. The summed E-state index contributed by atoms with van der Waals surface area (Å²) < 4.78 is 12.2. The zero-order valence-electron chi connectivity index (χ0n) is 23.1. The van der Waals surface area contributed by atoms with E-state index in [-0.39, 0.29) is 28.5 Å². The second-order valence-corrected chi connectivity index (χ2v) is 11.9. The lowest BCUT2D eigenvalue weighted by atomic mass is 9.90. The van der Waals surface area contributed by atoms with Crippen LogP contribution in [0.1, 0.15) is 41.9 Å². The van der Waals surface area contributed by atoms with E-state index >= 15 is 0 Å². The number of aromatic carboxylic acids is 1. The van der Waals surface area contributed by atoms with Crippen molar-refractivity contribution < 1.29 is 34.1 Å². The molecule has 1 aliphatic rings. The van der Waals surface area contributed by atoms with Crippen molar-refractivity contribution in [1.82, 2.24) is 5.32 Å². The molecule has 9 nitrogen and oxygen atoms in total. The van der Waals surface area contributed by atoms with E-state index in [1.165, 1.54) is 0 Å². The number of carbonyl (C=O) groups is 3. The number of aliphatic carboxylic acids is 1. The molecule has 4 rings (SSSR count). The molecule has 2 heterocycles. The van der Waals surface area contributed by atoms with Gasteiger partial charge in [-0.2, -0.15) is 0 Å². The molecule has 1 fully saturated rings. The molecule has 3 N–H and O–H groups in total. The van der Waals surface area contributed by atoms with Gasteiger partial charge >= 0.3 is 11.9 Å². The second kappa shape index (κ2) is 13.5. The number of rotatable bonds is 11. The molecule has 1 amide bonds. The fourth-order valence-corrected chi connectivity index (χ4v) is 6.85. The first-order chi connectivity index (χ1) is 19.6. The summed E-state index contributed by atoms with van der Waals surface area (Å²) in [5.74, 6) is -2.12. The number of halogens is 1. The Morgan fingerprint density at radius 1 is 1.10 bits per heavy atom. The molecule has 0 radical (unpaired) electrons. The summed E-state index contributed by atoms with van der Waals surface area (Å²) in [7, 11) is 0. The van der Waals surface area contributed by atoms with Gasteiger partial charge < -0.3 is 29.9 Å². The lowest BCUT2D eigenvalue weighted by Gasteiger charge is -2.36. The van der Waals surface area contributed by atoms with E-state index in [0.29, 0.717) is 20.7 Å². The Morgan fingerprint density at radius 3 is 2.44 bits per heavy atom. The first-order valence-corrected chi connectivity index (χ1v) is 15.0. The number of benzene rings is 2. The molecule has 3 aromatic rings. The van der Waals surface area contributed by atoms with Crippen molar-refractivity contribution >= 4 is 50.8 Å². The van der Waals surface area contributed by atoms with Crippen LogP contribution in [0, 0.1) is 12.8 Å². The predicted octanol–water partition coefficient (Wildman–Crippen LogP) is 5.84. The monoisotopic (exact) mass is 644 g/mol. The van der Waals surface area contributed by atoms with E-state index in [1.807, 2.05) is 49.9 Å². The van der Waals surface area contributed by atoms with Gasteiger partial charge in [0.25, 0.3) is 5.91 Å². The number of ether oxygens (including phenoxy) is 2. The molecule has 0 aliphatic carbocycles. The van der Waals surface area contributed by atoms with Crippen molar-refractivity contribution in [3.8, 4) is 21.9 Å². The Kier molecular flexibility index (Phi) is 10.1. The number of para-hydroxylation sites is 1. The maximum Gasteiger partial charge on any atom is 0.349 e. The Bertz CT molecular complexity index is 1420. The van der Waals surface area contributed by atoms with Gasteiger partial charge in [-0.15, -0.1) is 11.3 Å². The van der Waals surface area contributed by atoms with Crippen molar-refractivity contribution in [3.63, 3.8) is 0 Å². The van der Waals surface area contributed by atoms with E-state index < -0.39 is 24.6 Å². The SMILES string of the molecule is Cc1ccccc1N(C(=O)C(Oc1cccc(-c2sc(C(=O)O)c(OCC(=O)O)c2Br)c1)C1CCNCC1)C(C)C. The van der Waals surface area contributed by atoms with Crippen LogP contribution in [0.5, 0.6) is 11.5 Å². The maximum atomic E-state index is 14.2. The number of anilines is 1. The number of amides is 1. The lowest BCUT2D eigenvalue weighted by molar-refractivity contribution is -0.139.